The molecule has 4 aromatic carbocycles. The Morgan fingerprint density at radius 2 is 1.06 bits per heavy atom. The number of hydrogen-bond donors (Lipinski definition) is 2. The highest BCUT2D eigenvalue weighted by Gasteiger charge is 2.20. The van der Waals surface area contributed by atoms with Gasteiger partial charge in [0.05, 0.1) is 26.9 Å². The van der Waals surface area contributed by atoms with Crippen LogP contribution in [-0.2, 0) is 20.0 Å². The van der Waals surface area contributed by atoms with Crippen molar-refractivity contribution in [2.24, 2.45) is 0 Å². The quantitative estimate of drug-likeness (QED) is 0.358. The largest absolute Gasteiger partial charge is 0.343 e. The van der Waals surface area contributed by atoms with Crippen LogP contribution in [0.1, 0.15) is 0 Å². The van der Waals surface area contributed by atoms with Crippen LogP contribution in [0, 0.1) is 0 Å². The predicted octanol–water partition coefficient (Wildman–Crippen LogP) is 5.06. The zero-order valence-corrected chi connectivity index (χ0v) is 19.9. The Bertz CT molecular complexity index is 1480. The molecule has 0 amide bonds. The fraction of sp³-hybridized carbons (Fsp3) is 0.0400. The third-order valence-electron chi connectivity index (χ3n) is 5.11. The van der Waals surface area contributed by atoms with Gasteiger partial charge in [0, 0.05) is 12.7 Å². The molecule has 2 N–H and O–H groups in total. The van der Waals surface area contributed by atoms with Crippen molar-refractivity contribution in [2.45, 2.75) is 9.79 Å². The average molecular weight is 494 g/mol. The van der Waals surface area contributed by atoms with Crippen LogP contribution in [-0.4, -0.2) is 23.9 Å². The molecule has 0 spiro atoms. The third kappa shape index (κ3) is 5.22. The standard InChI is InChI=1S/C25H23N3O4S2/c1-28(21-11-5-2-6-12-21)25-19-20(26-33(29,30)22-13-7-3-8-14-22)17-18-24(25)27-34(31,32)23-15-9-4-10-16-23/h2-19,26-27H,1H3. The first-order valence-electron chi connectivity index (χ1n) is 10.3. The minimum Gasteiger partial charge on any atom is -0.343 e. The Kier molecular flexibility index (Phi) is 6.58. The van der Waals surface area contributed by atoms with Gasteiger partial charge < -0.3 is 4.90 Å². The fourth-order valence-electron chi connectivity index (χ4n) is 3.37. The molecule has 34 heavy (non-hydrogen) atoms. The van der Waals surface area contributed by atoms with Gasteiger partial charge in [-0.05, 0) is 54.6 Å². The monoisotopic (exact) mass is 493 g/mol. The van der Waals surface area contributed by atoms with Crippen molar-refractivity contribution in [1.29, 1.82) is 0 Å². The lowest BCUT2D eigenvalue weighted by Gasteiger charge is -2.24. The zero-order chi connectivity index (χ0) is 24.2. The van der Waals surface area contributed by atoms with Gasteiger partial charge in [-0.1, -0.05) is 54.6 Å². The summed E-state index contributed by atoms with van der Waals surface area (Å²) in [5.74, 6) is 0. The Morgan fingerprint density at radius 3 is 1.59 bits per heavy atom. The van der Waals surface area contributed by atoms with Crippen LogP contribution in [0.25, 0.3) is 0 Å². The molecular weight excluding hydrogens is 470 g/mol. The molecule has 0 atom stereocenters. The number of nitrogens with one attached hydrogen (secondary N) is 2. The maximum absolute atomic E-state index is 13.0. The zero-order valence-electron chi connectivity index (χ0n) is 18.3. The van der Waals surface area contributed by atoms with E-state index in [0.29, 0.717) is 17.1 Å². The summed E-state index contributed by atoms with van der Waals surface area (Å²) in [7, 11) is -5.90. The molecule has 0 aromatic heterocycles. The van der Waals surface area contributed by atoms with E-state index in [2.05, 4.69) is 9.44 Å². The van der Waals surface area contributed by atoms with E-state index in [1.54, 1.807) is 54.4 Å². The van der Waals surface area contributed by atoms with Crippen LogP contribution < -0.4 is 14.3 Å². The Hall–Kier alpha value is -3.82. The second kappa shape index (κ2) is 9.58. The second-order valence-corrected chi connectivity index (χ2v) is 10.8. The minimum absolute atomic E-state index is 0.122. The first-order chi connectivity index (χ1) is 16.3. The van der Waals surface area contributed by atoms with E-state index >= 15 is 0 Å². The number of nitrogens with zero attached hydrogens (tertiary/aromatic N) is 1. The van der Waals surface area contributed by atoms with Gasteiger partial charge in [-0.2, -0.15) is 0 Å². The minimum atomic E-state index is -3.86. The summed E-state index contributed by atoms with van der Waals surface area (Å²) in [5.41, 5.74) is 1.87. The molecule has 0 aliphatic heterocycles. The van der Waals surface area contributed by atoms with Gasteiger partial charge >= 0.3 is 0 Å². The molecule has 9 heteroatoms. The first kappa shape index (κ1) is 23.3. The van der Waals surface area contributed by atoms with Gasteiger partial charge in [0.1, 0.15) is 0 Å². The van der Waals surface area contributed by atoms with Gasteiger partial charge in [-0.25, -0.2) is 16.8 Å². The molecule has 0 saturated heterocycles. The summed E-state index contributed by atoms with van der Waals surface area (Å²) in [6, 6.07) is 30.1. The third-order valence-corrected chi connectivity index (χ3v) is 7.88. The van der Waals surface area contributed by atoms with Crippen molar-refractivity contribution in [3.63, 3.8) is 0 Å². The molecule has 174 valence electrons. The summed E-state index contributed by atoms with van der Waals surface area (Å²) in [4.78, 5) is 2.03. The van der Waals surface area contributed by atoms with E-state index in [9.17, 15) is 16.8 Å². The van der Waals surface area contributed by atoms with Crippen molar-refractivity contribution >= 4 is 42.8 Å². The molecule has 0 fully saturated rings. The first-order valence-corrected chi connectivity index (χ1v) is 13.3. The number of rotatable bonds is 8. The maximum Gasteiger partial charge on any atom is 0.261 e. The number of para-hydroxylation sites is 1. The van der Waals surface area contributed by atoms with E-state index in [4.69, 9.17) is 0 Å². The van der Waals surface area contributed by atoms with Crippen molar-refractivity contribution in [2.75, 3.05) is 21.4 Å². The summed E-state index contributed by atoms with van der Waals surface area (Å²) in [6.45, 7) is 0. The average Bonchev–Trinajstić information content (AvgIpc) is 2.86. The highest BCUT2D eigenvalue weighted by atomic mass is 32.2. The summed E-state index contributed by atoms with van der Waals surface area (Å²) in [6.07, 6.45) is 0. The van der Waals surface area contributed by atoms with Gasteiger partial charge in [-0.3, -0.25) is 9.44 Å². The van der Waals surface area contributed by atoms with Gasteiger partial charge in [0.2, 0.25) is 0 Å². The van der Waals surface area contributed by atoms with Crippen LogP contribution in [0.15, 0.2) is 119 Å². The molecular formula is C25H23N3O4S2. The second-order valence-electron chi connectivity index (χ2n) is 7.46. The van der Waals surface area contributed by atoms with E-state index < -0.39 is 20.0 Å². The van der Waals surface area contributed by atoms with Crippen LogP contribution in [0.2, 0.25) is 0 Å². The molecule has 0 heterocycles. The fourth-order valence-corrected chi connectivity index (χ4v) is 5.53. The molecule has 0 saturated carbocycles. The summed E-state index contributed by atoms with van der Waals surface area (Å²) in [5, 5.41) is 0. The molecule has 4 aromatic rings. The number of anilines is 4. The van der Waals surface area contributed by atoms with Gasteiger partial charge in [0.25, 0.3) is 20.0 Å². The summed E-state index contributed by atoms with van der Waals surface area (Å²) < 4.78 is 56.8. The lowest BCUT2D eigenvalue weighted by molar-refractivity contribution is 0.599. The van der Waals surface area contributed by atoms with Crippen molar-refractivity contribution < 1.29 is 16.8 Å². The van der Waals surface area contributed by atoms with Gasteiger partial charge in [0.15, 0.2) is 0 Å². The molecule has 0 aliphatic rings. The smallest absolute Gasteiger partial charge is 0.261 e. The van der Waals surface area contributed by atoms with Crippen LogP contribution in [0.5, 0.6) is 0 Å². The van der Waals surface area contributed by atoms with Crippen molar-refractivity contribution in [3.05, 3.63) is 109 Å². The summed E-state index contributed by atoms with van der Waals surface area (Å²) >= 11 is 0. The van der Waals surface area contributed by atoms with E-state index in [0.717, 1.165) is 5.69 Å². The van der Waals surface area contributed by atoms with Crippen LogP contribution in [0.4, 0.5) is 22.7 Å². The Labute approximate surface area is 199 Å². The number of sulfonamides is 2. The van der Waals surface area contributed by atoms with E-state index in [1.165, 1.54) is 36.4 Å². The normalized spacial score (nSPS) is 11.6. The molecule has 0 bridgehead atoms. The Balaban J connectivity index is 1.74. The van der Waals surface area contributed by atoms with Gasteiger partial charge in [-0.15, -0.1) is 0 Å². The molecule has 0 radical (unpaired) electrons. The predicted molar refractivity (Wildman–Crippen MR) is 135 cm³/mol. The number of hydrogen-bond acceptors (Lipinski definition) is 5. The molecule has 4 rings (SSSR count). The maximum atomic E-state index is 13.0. The highest BCUT2D eigenvalue weighted by Crippen LogP contribution is 2.35. The topological polar surface area (TPSA) is 95.6 Å². The lowest BCUT2D eigenvalue weighted by atomic mass is 10.2. The lowest BCUT2D eigenvalue weighted by Crippen LogP contribution is -2.18. The number of benzene rings is 4. The molecule has 0 aliphatic carbocycles. The van der Waals surface area contributed by atoms with E-state index in [-0.39, 0.29) is 9.79 Å². The van der Waals surface area contributed by atoms with Crippen molar-refractivity contribution in [1.82, 2.24) is 0 Å². The van der Waals surface area contributed by atoms with Crippen LogP contribution >= 0.6 is 0 Å². The van der Waals surface area contributed by atoms with E-state index in [1.807, 2.05) is 30.3 Å². The molecule has 0 unspecified atom stereocenters. The molecule has 7 nitrogen and oxygen atoms in total. The Morgan fingerprint density at radius 1 is 0.588 bits per heavy atom. The van der Waals surface area contributed by atoms with Crippen molar-refractivity contribution in [3.8, 4) is 0 Å². The SMILES string of the molecule is CN(c1ccccc1)c1cc(NS(=O)(=O)c2ccccc2)ccc1NS(=O)(=O)c1ccccc1. The highest BCUT2D eigenvalue weighted by molar-refractivity contribution is 7.93. The van der Waals surface area contributed by atoms with Crippen LogP contribution in [0.3, 0.4) is 0 Å².